The van der Waals surface area contributed by atoms with Crippen LogP contribution >= 0.6 is 11.3 Å². The molecule has 1 N–H and O–H groups in total. The summed E-state index contributed by atoms with van der Waals surface area (Å²) in [7, 11) is 2.03. The van der Waals surface area contributed by atoms with Crippen LogP contribution in [-0.4, -0.2) is 37.6 Å². The molecule has 2 rings (SSSR count). The summed E-state index contributed by atoms with van der Waals surface area (Å²) in [6, 6.07) is 14.0. The van der Waals surface area contributed by atoms with E-state index in [0.717, 1.165) is 24.8 Å². The Bertz CT molecular complexity index is 555. The molecule has 1 aromatic heterocycles. The van der Waals surface area contributed by atoms with Gasteiger partial charge in [0.2, 0.25) is 0 Å². The van der Waals surface area contributed by atoms with Crippen molar-refractivity contribution in [2.45, 2.75) is 13.5 Å². The number of nitrogens with one attached hydrogen (secondary N) is 1. The lowest BCUT2D eigenvalue weighted by Gasteiger charge is -2.22. The number of nitrogens with zero attached hydrogens (tertiary/aromatic N) is 2. The SMILES string of the molecule is CCNC(=NCc1cccs1)N(C)CCOc1ccccc1. The highest BCUT2D eigenvalue weighted by Crippen LogP contribution is 2.10. The summed E-state index contributed by atoms with van der Waals surface area (Å²) in [5.74, 6) is 1.81. The van der Waals surface area contributed by atoms with Gasteiger partial charge >= 0.3 is 0 Å². The topological polar surface area (TPSA) is 36.9 Å². The first kappa shape index (κ1) is 16.4. The maximum absolute atomic E-state index is 5.73. The van der Waals surface area contributed by atoms with Crippen LogP contribution in [0.4, 0.5) is 0 Å². The number of aliphatic imine (C=N–C) groups is 1. The fourth-order valence-corrected chi connectivity index (χ4v) is 2.58. The zero-order valence-electron chi connectivity index (χ0n) is 13.2. The molecule has 0 atom stereocenters. The molecule has 0 bridgehead atoms. The maximum atomic E-state index is 5.73. The fourth-order valence-electron chi connectivity index (χ4n) is 1.95. The van der Waals surface area contributed by atoms with Crippen LogP contribution in [0.3, 0.4) is 0 Å². The average molecular weight is 317 g/mol. The number of hydrogen-bond donors (Lipinski definition) is 1. The quantitative estimate of drug-likeness (QED) is 0.629. The summed E-state index contributed by atoms with van der Waals surface area (Å²) in [6.07, 6.45) is 0. The van der Waals surface area contributed by atoms with Crippen molar-refractivity contribution < 1.29 is 4.74 Å². The fraction of sp³-hybridized carbons (Fsp3) is 0.353. The Hall–Kier alpha value is -2.01. The minimum Gasteiger partial charge on any atom is -0.492 e. The van der Waals surface area contributed by atoms with Gasteiger partial charge in [0.1, 0.15) is 12.4 Å². The maximum Gasteiger partial charge on any atom is 0.194 e. The zero-order chi connectivity index (χ0) is 15.6. The minimum absolute atomic E-state index is 0.629. The number of benzene rings is 1. The van der Waals surface area contributed by atoms with E-state index >= 15 is 0 Å². The molecule has 0 aliphatic rings. The first-order valence-corrected chi connectivity index (χ1v) is 8.37. The van der Waals surface area contributed by atoms with E-state index in [9.17, 15) is 0 Å². The Labute approximate surface area is 136 Å². The van der Waals surface area contributed by atoms with Crippen molar-refractivity contribution in [3.8, 4) is 5.75 Å². The molecule has 118 valence electrons. The molecule has 5 heteroatoms. The van der Waals surface area contributed by atoms with E-state index in [-0.39, 0.29) is 0 Å². The molecule has 0 radical (unpaired) electrons. The number of guanidine groups is 1. The van der Waals surface area contributed by atoms with Gasteiger partial charge in [-0.1, -0.05) is 24.3 Å². The monoisotopic (exact) mass is 317 g/mol. The summed E-state index contributed by atoms with van der Waals surface area (Å²) in [5, 5.41) is 5.40. The number of thiophene rings is 1. The Morgan fingerprint density at radius 2 is 2.05 bits per heavy atom. The van der Waals surface area contributed by atoms with Crippen molar-refractivity contribution >= 4 is 17.3 Å². The Morgan fingerprint density at radius 3 is 2.73 bits per heavy atom. The zero-order valence-corrected chi connectivity index (χ0v) is 14.0. The predicted octanol–water partition coefficient (Wildman–Crippen LogP) is 3.22. The predicted molar refractivity (Wildman–Crippen MR) is 93.7 cm³/mol. The summed E-state index contributed by atoms with van der Waals surface area (Å²) in [6.45, 7) is 5.06. The van der Waals surface area contributed by atoms with Gasteiger partial charge in [-0.2, -0.15) is 0 Å². The molecular formula is C17H23N3OS. The van der Waals surface area contributed by atoms with E-state index in [2.05, 4.69) is 39.6 Å². The van der Waals surface area contributed by atoms with Gasteiger partial charge in [-0.05, 0) is 30.5 Å². The minimum atomic E-state index is 0.629. The van der Waals surface area contributed by atoms with Crippen molar-refractivity contribution in [1.82, 2.24) is 10.2 Å². The third-order valence-electron chi connectivity index (χ3n) is 3.10. The van der Waals surface area contributed by atoms with Gasteiger partial charge in [0, 0.05) is 18.5 Å². The van der Waals surface area contributed by atoms with Gasteiger partial charge in [-0.25, -0.2) is 4.99 Å². The van der Waals surface area contributed by atoms with Crippen molar-refractivity contribution in [2.75, 3.05) is 26.7 Å². The van der Waals surface area contributed by atoms with E-state index in [1.165, 1.54) is 4.88 Å². The summed E-state index contributed by atoms with van der Waals surface area (Å²) < 4.78 is 5.73. The van der Waals surface area contributed by atoms with Crippen LogP contribution in [-0.2, 0) is 6.54 Å². The van der Waals surface area contributed by atoms with Crippen molar-refractivity contribution in [1.29, 1.82) is 0 Å². The number of ether oxygens (including phenoxy) is 1. The van der Waals surface area contributed by atoms with Crippen molar-refractivity contribution in [3.05, 3.63) is 52.7 Å². The number of rotatable bonds is 7. The average Bonchev–Trinajstić information content (AvgIpc) is 3.05. The van der Waals surface area contributed by atoms with Gasteiger partial charge in [0.15, 0.2) is 5.96 Å². The van der Waals surface area contributed by atoms with Crippen LogP contribution in [0.5, 0.6) is 5.75 Å². The lowest BCUT2D eigenvalue weighted by atomic mass is 10.3. The standard InChI is InChI=1S/C17H23N3OS/c1-3-18-17(19-14-16-10-7-13-22-16)20(2)11-12-21-15-8-5-4-6-9-15/h4-10,13H,3,11-12,14H2,1-2H3,(H,18,19). The van der Waals surface area contributed by atoms with Crippen LogP contribution < -0.4 is 10.1 Å². The third kappa shape index (κ3) is 5.41. The molecule has 0 fully saturated rings. The van der Waals surface area contributed by atoms with Crippen molar-refractivity contribution in [3.63, 3.8) is 0 Å². The normalized spacial score (nSPS) is 11.3. The molecule has 0 unspecified atom stereocenters. The Balaban J connectivity index is 1.83. The van der Waals surface area contributed by atoms with E-state index < -0.39 is 0 Å². The Morgan fingerprint density at radius 1 is 1.23 bits per heavy atom. The van der Waals surface area contributed by atoms with E-state index in [0.29, 0.717) is 13.2 Å². The molecule has 0 saturated heterocycles. The van der Waals surface area contributed by atoms with Crippen LogP contribution in [0.2, 0.25) is 0 Å². The molecule has 0 spiro atoms. The largest absolute Gasteiger partial charge is 0.492 e. The molecule has 0 aliphatic carbocycles. The Kier molecular flexibility index (Phi) is 6.77. The third-order valence-corrected chi connectivity index (χ3v) is 3.96. The summed E-state index contributed by atoms with van der Waals surface area (Å²) in [5.41, 5.74) is 0. The van der Waals surface area contributed by atoms with Crippen LogP contribution in [0.15, 0.2) is 52.8 Å². The molecule has 1 heterocycles. The molecular weight excluding hydrogens is 294 g/mol. The number of likely N-dealkylation sites (N-methyl/N-ethyl adjacent to an activating group) is 1. The summed E-state index contributed by atoms with van der Waals surface area (Å²) >= 11 is 1.73. The second kappa shape index (κ2) is 9.10. The van der Waals surface area contributed by atoms with Gasteiger partial charge < -0.3 is 15.0 Å². The number of para-hydroxylation sites is 1. The van der Waals surface area contributed by atoms with Gasteiger partial charge in [0.25, 0.3) is 0 Å². The number of hydrogen-bond acceptors (Lipinski definition) is 3. The molecule has 1 aromatic carbocycles. The van der Waals surface area contributed by atoms with E-state index in [4.69, 9.17) is 4.74 Å². The molecule has 0 aliphatic heterocycles. The van der Waals surface area contributed by atoms with Crippen LogP contribution in [0, 0.1) is 0 Å². The smallest absolute Gasteiger partial charge is 0.194 e. The first-order valence-electron chi connectivity index (χ1n) is 7.49. The van der Waals surface area contributed by atoms with Crippen molar-refractivity contribution in [2.24, 2.45) is 4.99 Å². The van der Waals surface area contributed by atoms with Crippen LogP contribution in [0.1, 0.15) is 11.8 Å². The second-order valence-corrected chi connectivity index (χ2v) is 5.86. The van der Waals surface area contributed by atoms with Crippen LogP contribution in [0.25, 0.3) is 0 Å². The molecule has 0 amide bonds. The second-order valence-electron chi connectivity index (χ2n) is 4.83. The lowest BCUT2D eigenvalue weighted by molar-refractivity contribution is 0.281. The van der Waals surface area contributed by atoms with E-state index in [1.54, 1.807) is 11.3 Å². The highest BCUT2D eigenvalue weighted by atomic mass is 32.1. The molecule has 2 aromatic rings. The first-order chi connectivity index (χ1) is 10.8. The molecule has 4 nitrogen and oxygen atoms in total. The van der Waals surface area contributed by atoms with Gasteiger partial charge in [0.05, 0.1) is 13.1 Å². The highest BCUT2D eigenvalue weighted by molar-refractivity contribution is 7.09. The van der Waals surface area contributed by atoms with Gasteiger partial charge in [-0.3, -0.25) is 0 Å². The summed E-state index contributed by atoms with van der Waals surface area (Å²) in [4.78, 5) is 8.03. The molecule has 0 saturated carbocycles. The lowest BCUT2D eigenvalue weighted by Crippen LogP contribution is -2.40. The van der Waals surface area contributed by atoms with E-state index in [1.807, 2.05) is 37.4 Å². The highest BCUT2D eigenvalue weighted by Gasteiger charge is 2.06. The van der Waals surface area contributed by atoms with Gasteiger partial charge in [-0.15, -0.1) is 11.3 Å². The molecule has 22 heavy (non-hydrogen) atoms.